The zero-order valence-corrected chi connectivity index (χ0v) is 21.8. The zero-order chi connectivity index (χ0) is 25.9. The Kier molecular flexibility index (Phi) is 10.4. The summed E-state index contributed by atoms with van der Waals surface area (Å²) in [6, 6.07) is 11.2. The summed E-state index contributed by atoms with van der Waals surface area (Å²) >= 11 is 0. The molecule has 1 aromatic carbocycles. The van der Waals surface area contributed by atoms with Gasteiger partial charge in [0.15, 0.2) is 0 Å². The normalized spacial score (nSPS) is 18.0. The molecule has 2 fully saturated rings. The molecule has 3 heterocycles. The number of amides is 2. The minimum atomic E-state index is -0.0960. The van der Waals surface area contributed by atoms with Crippen molar-refractivity contribution in [3.63, 3.8) is 0 Å². The molecule has 2 aromatic rings. The fourth-order valence-corrected chi connectivity index (χ4v) is 4.77. The van der Waals surface area contributed by atoms with E-state index in [1.807, 2.05) is 36.4 Å². The second kappa shape index (κ2) is 14.2. The minimum Gasteiger partial charge on any atom is -0.497 e. The summed E-state index contributed by atoms with van der Waals surface area (Å²) in [4.78, 5) is 32.8. The Morgan fingerprint density at radius 1 is 1.05 bits per heavy atom. The van der Waals surface area contributed by atoms with Crippen molar-refractivity contribution in [2.75, 3.05) is 66.2 Å². The van der Waals surface area contributed by atoms with Crippen molar-refractivity contribution >= 4 is 11.8 Å². The van der Waals surface area contributed by atoms with Gasteiger partial charge in [-0.15, -0.1) is 0 Å². The van der Waals surface area contributed by atoms with Crippen LogP contribution in [0.25, 0.3) is 0 Å². The molecule has 0 saturated carbocycles. The van der Waals surface area contributed by atoms with E-state index >= 15 is 0 Å². The lowest BCUT2D eigenvalue weighted by atomic mass is 10.1. The molecule has 1 unspecified atom stereocenters. The van der Waals surface area contributed by atoms with E-state index < -0.39 is 0 Å². The Balaban J connectivity index is 1.41. The number of carbonyl (C=O) groups excluding carboxylic acids is 2. The first-order chi connectivity index (χ1) is 18.1. The molecular formula is C28H39N3O6. The van der Waals surface area contributed by atoms with Gasteiger partial charge in [-0.1, -0.05) is 12.1 Å². The van der Waals surface area contributed by atoms with Gasteiger partial charge in [0.25, 0.3) is 0 Å². The molecule has 202 valence electrons. The maximum atomic E-state index is 13.6. The summed E-state index contributed by atoms with van der Waals surface area (Å²) in [5, 5.41) is 0. The second-order valence-electron chi connectivity index (χ2n) is 9.64. The second-order valence-corrected chi connectivity index (χ2v) is 9.64. The number of nitrogens with zero attached hydrogens (tertiary/aromatic N) is 3. The Morgan fingerprint density at radius 2 is 1.86 bits per heavy atom. The molecule has 2 aliphatic heterocycles. The first-order valence-electron chi connectivity index (χ1n) is 13.2. The van der Waals surface area contributed by atoms with E-state index in [-0.39, 0.29) is 30.9 Å². The summed E-state index contributed by atoms with van der Waals surface area (Å²) in [5.41, 5.74) is 0.892. The average molecular weight is 514 g/mol. The lowest BCUT2D eigenvalue weighted by molar-refractivity contribution is -0.141. The van der Waals surface area contributed by atoms with Gasteiger partial charge < -0.3 is 28.4 Å². The molecule has 0 spiro atoms. The molecule has 0 aliphatic carbocycles. The fraction of sp³-hybridized carbons (Fsp3) is 0.571. The van der Waals surface area contributed by atoms with Crippen LogP contribution in [0, 0.1) is 0 Å². The summed E-state index contributed by atoms with van der Waals surface area (Å²) < 4.78 is 22.0. The molecule has 9 nitrogen and oxygen atoms in total. The van der Waals surface area contributed by atoms with Crippen molar-refractivity contribution in [1.29, 1.82) is 0 Å². The van der Waals surface area contributed by atoms with Gasteiger partial charge in [-0.3, -0.25) is 14.5 Å². The van der Waals surface area contributed by atoms with Crippen LogP contribution in [0.1, 0.15) is 30.6 Å². The monoisotopic (exact) mass is 513 g/mol. The molecule has 9 heteroatoms. The van der Waals surface area contributed by atoms with E-state index in [0.717, 1.165) is 75.8 Å². The summed E-state index contributed by atoms with van der Waals surface area (Å²) in [7, 11) is 1.62. The van der Waals surface area contributed by atoms with E-state index in [0.29, 0.717) is 19.6 Å². The van der Waals surface area contributed by atoms with E-state index in [4.69, 9.17) is 18.6 Å². The van der Waals surface area contributed by atoms with Crippen molar-refractivity contribution in [2.24, 2.45) is 0 Å². The van der Waals surface area contributed by atoms with Crippen LogP contribution in [0.15, 0.2) is 47.1 Å². The number of carbonyl (C=O) groups is 2. The molecule has 4 rings (SSSR count). The number of rotatable bonds is 13. The standard InChI is InChI=1S/C28H39N3O6/c1-34-24-9-7-23(8-10-24)19-27(32)30(12-4-11-29-13-17-35-18-14-29)22-28(33)31(20-25-5-2-15-36-25)21-26-6-3-16-37-26/h2,5,7-10,15,26H,3-4,6,11-14,16-22H2,1H3. The Hall–Kier alpha value is -2.88. The van der Waals surface area contributed by atoms with Gasteiger partial charge in [-0.05, 0) is 49.1 Å². The van der Waals surface area contributed by atoms with E-state index in [9.17, 15) is 9.59 Å². The van der Waals surface area contributed by atoms with Crippen LogP contribution in [-0.2, 0) is 32.0 Å². The summed E-state index contributed by atoms with van der Waals surface area (Å²) in [6.07, 6.45) is 4.59. The highest BCUT2D eigenvalue weighted by Crippen LogP contribution is 2.17. The van der Waals surface area contributed by atoms with Gasteiger partial charge >= 0.3 is 0 Å². The molecule has 1 atom stereocenters. The maximum Gasteiger partial charge on any atom is 0.242 e. The van der Waals surface area contributed by atoms with Gasteiger partial charge in [0, 0.05) is 39.3 Å². The summed E-state index contributed by atoms with van der Waals surface area (Å²) in [5.74, 6) is 1.31. The van der Waals surface area contributed by atoms with Crippen molar-refractivity contribution in [1.82, 2.24) is 14.7 Å². The average Bonchev–Trinajstić information content (AvgIpc) is 3.63. The van der Waals surface area contributed by atoms with E-state index in [1.54, 1.807) is 23.2 Å². The topological polar surface area (TPSA) is 84.7 Å². The first-order valence-corrected chi connectivity index (χ1v) is 13.2. The largest absolute Gasteiger partial charge is 0.497 e. The van der Waals surface area contributed by atoms with E-state index in [2.05, 4.69) is 4.90 Å². The Bertz CT molecular complexity index is 953. The molecule has 2 aliphatic rings. The zero-order valence-electron chi connectivity index (χ0n) is 21.8. The molecule has 37 heavy (non-hydrogen) atoms. The number of ether oxygens (including phenoxy) is 3. The third-order valence-corrected chi connectivity index (χ3v) is 6.93. The predicted octanol–water partition coefficient (Wildman–Crippen LogP) is 2.59. The minimum absolute atomic E-state index is 0.0173. The van der Waals surface area contributed by atoms with E-state index in [1.165, 1.54) is 0 Å². The highest BCUT2D eigenvalue weighted by Gasteiger charge is 2.26. The fourth-order valence-electron chi connectivity index (χ4n) is 4.77. The van der Waals surface area contributed by atoms with Crippen LogP contribution >= 0.6 is 0 Å². The predicted molar refractivity (Wildman–Crippen MR) is 138 cm³/mol. The lowest BCUT2D eigenvalue weighted by Gasteiger charge is -2.30. The van der Waals surface area contributed by atoms with Crippen molar-refractivity contribution in [3.8, 4) is 5.75 Å². The third kappa shape index (κ3) is 8.59. The number of furan rings is 1. The highest BCUT2D eigenvalue weighted by molar-refractivity contribution is 5.86. The number of hydrogen-bond acceptors (Lipinski definition) is 7. The van der Waals surface area contributed by atoms with Crippen LogP contribution in [0.2, 0.25) is 0 Å². The van der Waals surface area contributed by atoms with Crippen LogP contribution in [0.5, 0.6) is 5.75 Å². The van der Waals surface area contributed by atoms with Crippen LogP contribution < -0.4 is 4.74 Å². The molecular weight excluding hydrogens is 474 g/mol. The molecule has 2 amide bonds. The SMILES string of the molecule is COc1ccc(CC(=O)N(CCCN2CCOCC2)CC(=O)N(Cc2ccco2)CC2CCCO2)cc1. The first kappa shape index (κ1) is 27.2. The molecule has 1 aromatic heterocycles. The molecule has 0 radical (unpaired) electrons. The van der Waals surface area contributed by atoms with Gasteiger partial charge in [0.2, 0.25) is 11.8 Å². The smallest absolute Gasteiger partial charge is 0.242 e. The van der Waals surface area contributed by atoms with Crippen LogP contribution in [-0.4, -0.2) is 98.8 Å². The van der Waals surface area contributed by atoms with Crippen LogP contribution in [0.3, 0.4) is 0 Å². The summed E-state index contributed by atoms with van der Waals surface area (Å²) in [6.45, 7) is 6.28. The molecule has 2 saturated heterocycles. The Morgan fingerprint density at radius 3 is 2.54 bits per heavy atom. The van der Waals surface area contributed by atoms with Gasteiger partial charge in [-0.25, -0.2) is 0 Å². The molecule has 0 bridgehead atoms. The number of benzene rings is 1. The lowest BCUT2D eigenvalue weighted by Crippen LogP contribution is -2.46. The molecule has 0 N–H and O–H groups in total. The third-order valence-electron chi connectivity index (χ3n) is 6.93. The number of methoxy groups -OCH3 is 1. The quantitative estimate of drug-likeness (QED) is 0.407. The van der Waals surface area contributed by atoms with Crippen molar-refractivity contribution in [3.05, 3.63) is 54.0 Å². The van der Waals surface area contributed by atoms with Gasteiger partial charge in [0.05, 0.1) is 52.2 Å². The highest BCUT2D eigenvalue weighted by atomic mass is 16.5. The van der Waals surface area contributed by atoms with Crippen molar-refractivity contribution < 1.29 is 28.2 Å². The maximum absolute atomic E-state index is 13.6. The number of hydrogen-bond donors (Lipinski definition) is 0. The van der Waals surface area contributed by atoms with Gasteiger partial charge in [0.1, 0.15) is 11.5 Å². The number of morpholine rings is 1. The van der Waals surface area contributed by atoms with Crippen molar-refractivity contribution in [2.45, 2.75) is 38.3 Å². The van der Waals surface area contributed by atoms with Gasteiger partial charge in [-0.2, -0.15) is 0 Å². The van der Waals surface area contributed by atoms with Crippen LogP contribution in [0.4, 0.5) is 0 Å². The Labute approximate surface area is 219 Å².